The molecular weight excluding hydrogens is 511 g/mol. The average Bonchev–Trinajstić information content (AvgIpc) is 2.87. The Morgan fingerprint density at radius 2 is 1.82 bits per heavy atom. The van der Waals surface area contributed by atoms with Crippen LogP contribution in [0.4, 0.5) is 9.18 Å². The van der Waals surface area contributed by atoms with E-state index in [-0.39, 0.29) is 30.5 Å². The van der Waals surface area contributed by atoms with Gasteiger partial charge in [0, 0.05) is 18.7 Å². The summed E-state index contributed by atoms with van der Waals surface area (Å²) >= 11 is 0. The van der Waals surface area contributed by atoms with E-state index >= 15 is 0 Å². The quantitative estimate of drug-likeness (QED) is 0.613. The first kappa shape index (κ1) is 28.0. The largest absolute Gasteiger partial charge is 0.444 e. The highest BCUT2D eigenvalue weighted by atomic mass is 32.2. The second kappa shape index (κ2) is 11.0. The Hall–Kier alpha value is -2.98. The van der Waals surface area contributed by atoms with Crippen molar-refractivity contribution in [1.29, 1.82) is 0 Å². The van der Waals surface area contributed by atoms with E-state index in [2.05, 4.69) is 5.32 Å². The van der Waals surface area contributed by atoms with E-state index in [1.807, 2.05) is 24.3 Å². The van der Waals surface area contributed by atoms with Crippen molar-refractivity contribution >= 4 is 21.8 Å². The van der Waals surface area contributed by atoms with Gasteiger partial charge in [0.05, 0.1) is 18.7 Å². The lowest BCUT2D eigenvalue weighted by atomic mass is 9.87. The van der Waals surface area contributed by atoms with Crippen LogP contribution in [0.2, 0.25) is 0 Å². The Labute approximate surface area is 223 Å². The molecule has 1 N–H and O–H groups in total. The summed E-state index contributed by atoms with van der Waals surface area (Å²) in [6, 6.07) is 12.6. The summed E-state index contributed by atoms with van der Waals surface area (Å²) in [5.41, 5.74) is 2.05. The van der Waals surface area contributed by atoms with Gasteiger partial charge in [0.1, 0.15) is 22.8 Å². The van der Waals surface area contributed by atoms with Gasteiger partial charge >= 0.3 is 6.09 Å². The Bertz CT molecular complexity index is 1270. The van der Waals surface area contributed by atoms with Crippen molar-refractivity contribution in [2.45, 2.75) is 69.6 Å². The number of amides is 2. The topological polar surface area (TPSA) is 102 Å². The van der Waals surface area contributed by atoms with E-state index in [4.69, 9.17) is 9.47 Å². The van der Waals surface area contributed by atoms with Crippen LogP contribution in [0, 0.1) is 5.82 Å². The Morgan fingerprint density at radius 3 is 2.47 bits per heavy atom. The number of ether oxygens (including phenoxy) is 2. The number of sulfone groups is 1. The number of halogens is 1. The first-order valence-electron chi connectivity index (χ1n) is 12.9. The molecule has 38 heavy (non-hydrogen) atoms. The molecule has 1 saturated heterocycles. The van der Waals surface area contributed by atoms with Crippen molar-refractivity contribution in [3.8, 4) is 0 Å². The molecule has 0 aliphatic carbocycles. The minimum absolute atomic E-state index is 0.0176. The lowest BCUT2D eigenvalue weighted by Crippen LogP contribution is -2.58. The maximum Gasteiger partial charge on any atom is 0.407 e. The summed E-state index contributed by atoms with van der Waals surface area (Å²) in [6.07, 6.45) is -1.09. The minimum Gasteiger partial charge on any atom is -0.444 e. The standard InChI is InChI=1S/C28H35FN2O6S/c1-5-38(34,35)24-17-36-23(16-22(24)30-27(33)37-28(2,3)4)26(32)31-15-14-18-8-6-7-9-21(18)25(31)19-10-12-20(29)13-11-19/h6-13,22-25H,5,14-17H2,1-4H3,(H,30,33)/t22-,23+,24-,25-/m0/s1. The molecule has 0 unspecified atom stereocenters. The molecule has 0 radical (unpaired) electrons. The van der Waals surface area contributed by atoms with E-state index in [9.17, 15) is 22.4 Å². The molecule has 8 nitrogen and oxygen atoms in total. The summed E-state index contributed by atoms with van der Waals surface area (Å²) in [5, 5.41) is 1.68. The summed E-state index contributed by atoms with van der Waals surface area (Å²) in [5.74, 6) is -0.801. The fourth-order valence-electron chi connectivity index (χ4n) is 5.12. The molecule has 2 aromatic carbocycles. The second-order valence-electron chi connectivity index (χ2n) is 10.7. The minimum atomic E-state index is -3.59. The van der Waals surface area contributed by atoms with Crippen LogP contribution in [-0.2, 0) is 30.5 Å². The summed E-state index contributed by atoms with van der Waals surface area (Å²) < 4.78 is 50.6. The van der Waals surface area contributed by atoms with Crippen LogP contribution in [0.5, 0.6) is 0 Å². The number of hydrogen-bond acceptors (Lipinski definition) is 6. The SMILES string of the molecule is CCS(=O)(=O)[C@H]1CO[C@@H](C(=O)N2CCc3ccccc3[C@@H]2c2ccc(F)cc2)C[C@@H]1NC(=O)OC(C)(C)C. The normalized spacial score (nSPS) is 23.9. The maximum absolute atomic E-state index is 13.9. The van der Waals surface area contributed by atoms with Gasteiger partial charge in [-0.3, -0.25) is 4.79 Å². The molecule has 2 amide bonds. The molecule has 0 bridgehead atoms. The van der Waals surface area contributed by atoms with Gasteiger partial charge in [-0.1, -0.05) is 43.3 Å². The molecule has 10 heteroatoms. The third-order valence-electron chi connectivity index (χ3n) is 6.97. The van der Waals surface area contributed by atoms with Crippen molar-refractivity contribution in [2.24, 2.45) is 0 Å². The molecule has 2 aromatic rings. The second-order valence-corrected chi connectivity index (χ2v) is 13.2. The number of benzene rings is 2. The summed E-state index contributed by atoms with van der Waals surface area (Å²) in [6.45, 7) is 6.87. The number of nitrogens with one attached hydrogen (secondary N) is 1. The third-order valence-corrected chi connectivity index (χ3v) is 9.16. The fraction of sp³-hybridized carbons (Fsp3) is 0.500. The molecule has 0 spiro atoms. The van der Waals surface area contributed by atoms with Crippen LogP contribution in [0.3, 0.4) is 0 Å². The Morgan fingerprint density at radius 1 is 1.13 bits per heavy atom. The smallest absolute Gasteiger partial charge is 0.407 e. The molecule has 0 aromatic heterocycles. The number of fused-ring (bicyclic) bond motifs is 1. The van der Waals surface area contributed by atoms with E-state index < -0.39 is 45.0 Å². The van der Waals surface area contributed by atoms with Crippen LogP contribution in [0.1, 0.15) is 56.8 Å². The van der Waals surface area contributed by atoms with Crippen LogP contribution < -0.4 is 5.32 Å². The third kappa shape index (κ3) is 6.18. The van der Waals surface area contributed by atoms with Gasteiger partial charge in [0.2, 0.25) is 0 Å². The lowest BCUT2D eigenvalue weighted by molar-refractivity contribution is -0.149. The number of alkyl carbamates (subject to hydrolysis) is 1. The van der Waals surface area contributed by atoms with Gasteiger partial charge in [0.15, 0.2) is 9.84 Å². The monoisotopic (exact) mass is 546 g/mol. The van der Waals surface area contributed by atoms with Gasteiger partial charge in [-0.05, 0) is 56.0 Å². The highest BCUT2D eigenvalue weighted by Crippen LogP contribution is 2.36. The van der Waals surface area contributed by atoms with Gasteiger partial charge in [-0.25, -0.2) is 17.6 Å². The summed E-state index contributed by atoms with van der Waals surface area (Å²) in [4.78, 5) is 28.2. The first-order valence-corrected chi connectivity index (χ1v) is 14.6. The first-order chi connectivity index (χ1) is 17.9. The molecule has 206 valence electrons. The van der Waals surface area contributed by atoms with Gasteiger partial charge in [-0.2, -0.15) is 0 Å². The van der Waals surface area contributed by atoms with Crippen molar-refractivity contribution in [3.63, 3.8) is 0 Å². The molecule has 4 rings (SSSR count). The molecule has 0 saturated carbocycles. The zero-order valence-corrected chi connectivity index (χ0v) is 23.0. The van der Waals surface area contributed by atoms with Crippen molar-refractivity contribution < 1.29 is 31.9 Å². The summed E-state index contributed by atoms with van der Waals surface area (Å²) in [7, 11) is -3.59. The molecular formula is C28H35FN2O6S. The number of rotatable bonds is 5. The molecule has 2 aliphatic rings. The zero-order valence-electron chi connectivity index (χ0n) is 22.1. The van der Waals surface area contributed by atoms with Gasteiger partial charge < -0.3 is 19.7 Å². The average molecular weight is 547 g/mol. The Balaban J connectivity index is 1.62. The maximum atomic E-state index is 13.9. The molecule has 4 atom stereocenters. The van der Waals surface area contributed by atoms with Crippen LogP contribution in [0.25, 0.3) is 0 Å². The number of carbonyl (C=O) groups is 2. The van der Waals surface area contributed by atoms with Crippen molar-refractivity contribution in [2.75, 3.05) is 18.9 Å². The fourth-order valence-corrected chi connectivity index (χ4v) is 6.52. The Kier molecular flexibility index (Phi) is 8.13. The van der Waals surface area contributed by atoms with E-state index in [1.54, 1.807) is 37.8 Å². The van der Waals surface area contributed by atoms with E-state index in [0.29, 0.717) is 13.0 Å². The van der Waals surface area contributed by atoms with Gasteiger partial charge in [-0.15, -0.1) is 0 Å². The van der Waals surface area contributed by atoms with E-state index in [1.165, 1.54) is 19.1 Å². The predicted molar refractivity (Wildman–Crippen MR) is 141 cm³/mol. The molecule has 2 heterocycles. The molecule has 2 aliphatic heterocycles. The van der Waals surface area contributed by atoms with Crippen LogP contribution in [0.15, 0.2) is 48.5 Å². The lowest BCUT2D eigenvalue weighted by Gasteiger charge is -2.42. The highest BCUT2D eigenvalue weighted by Gasteiger charge is 2.45. The number of carbonyl (C=O) groups excluding carboxylic acids is 2. The highest BCUT2D eigenvalue weighted by molar-refractivity contribution is 7.92. The van der Waals surface area contributed by atoms with Crippen molar-refractivity contribution in [3.05, 3.63) is 71.0 Å². The zero-order chi connectivity index (χ0) is 27.7. The van der Waals surface area contributed by atoms with Crippen LogP contribution in [-0.4, -0.2) is 67.2 Å². The number of hydrogen-bond donors (Lipinski definition) is 1. The molecule has 1 fully saturated rings. The predicted octanol–water partition coefficient (Wildman–Crippen LogP) is 3.79. The van der Waals surface area contributed by atoms with Crippen molar-refractivity contribution in [1.82, 2.24) is 10.2 Å². The van der Waals surface area contributed by atoms with E-state index in [0.717, 1.165) is 16.7 Å². The number of nitrogens with zero attached hydrogens (tertiary/aromatic N) is 1. The van der Waals surface area contributed by atoms with Gasteiger partial charge in [0.25, 0.3) is 5.91 Å². The van der Waals surface area contributed by atoms with Crippen LogP contribution >= 0.6 is 0 Å².